The predicted molar refractivity (Wildman–Crippen MR) is 124 cm³/mol. The summed E-state index contributed by atoms with van der Waals surface area (Å²) in [6.07, 6.45) is 1.84. The molecule has 4 rings (SSSR count). The fraction of sp³-hybridized carbons (Fsp3) is 0.333. The maximum Gasteiger partial charge on any atom is 0.350 e. The van der Waals surface area contributed by atoms with E-state index >= 15 is 0 Å². The smallest absolute Gasteiger partial charge is 0.350 e. The maximum absolute atomic E-state index is 12.6. The lowest BCUT2D eigenvalue weighted by Crippen LogP contribution is -2.16. The number of halogens is 1. The van der Waals surface area contributed by atoms with Gasteiger partial charge in [0.25, 0.3) is 0 Å². The Morgan fingerprint density at radius 1 is 1.38 bits per heavy atom. The van der Waals surface area contributed by atoms with Gasteiger partial charge in [-0.2, -0.15) is 0 Å². The van der Waals surface area contributed by atoms with Crippen LogP contribution in [-0.2, 0) is 14.3 Å². The van der Waals surface area contributed by atoms with Crippen molar-refractivity contribution in [3.05, 3.63) is 46.1 Å². The van der Waals surface area contributed by atoms with Gasteiger partial charge in [-0.1, -0.05) is 35.5 Å². The minimum Gasteiger partial charge on any atom is -0.462 e. The highest BCUT2D eigenvalue weighted by Gasteiger charge is 2.23. The summed E-state index contributed by atoms with van der Waals surface area (Å²) in [5.74, 6) is 0.0257. The van der Waals surface area contributed by atoms with Crippen molar-refractivity contribution in [3.8, 4) is 10.4 Å². The number of aromatic amines is 1. The molecule has 1 aliphatic rings. The molecule has 3 aromatic rings. The summed E-state index contributed by atoms with van der Waals surface area (Å²) in [5, 5.41) is 10.9. The van der Waals surface area contributed by atoms with Gasteiger partial charge < -0.3 is 14.8 Å². The van der Waals surface area contributed by atoms with Crippen molar-refractivity contribution in [3.63, 3.8) is 0 Å². The van der Waals surface area contributed by atoms with Crippen molar-refractivity contribution < 1.29 is 19.1 Å². The molecule has 1 amide bonds. The highest BCUT2D eigenvalue weighted by Crippen LogP contribution is 2.36. The Kier molecular flexibility index (Phi) is 7.46. The van der Waals surface area contributed by atoms with Gasteiger partial charge in [-0.3, -0.25) is 9.89 Å². The summed E-state index contributed by atoms with van der Waals surface area (Å²) in [7, 11) is 0. The number of esters is 1. The number of rotatable bonds is 8. The van der Waals surface area contributed by atoms with E-state index in [2.05, 4.69) is 20.5 Å². The number of hydrogen-bond donors (Lipinski definition) is 2. The monoisotopic (exact) mass is 492 g/mol. The summed E-state index contributed by atoms with van der Waals surface area (Å²) in [6.45, 7) is 2.70. The fourth-order valence-corrected chi connectivity index (χ4v) is 4.91. The minimum atomic E-state index is -0.476. The first-order valence-corrected chi connectivity index (χ1v) is 12.2. The molecule has 2 aromatic heterocycles. The molecule has 168 valence electrons. The summed E-state index contributed by atoms with van der Waals surface area (Å²) >= 11 is 8.44. The normalized spacial score (nSPS) is 15.6. The maximum atomic E-state index is 12.6. The van der Waals surface area contributed by atoms with Crippen molar-refractivity contribution in [2.24, 2.45) is 0 Å². The number of anilines is 1. The van der Waals surface area contributed by atoms with Gasteiger partial charge in [0.15, 0.2) is 5.82 Å². The molecule has 0 aliphatic carbocycles. The Labute approximate surface area is 198 Å². The second kappa shape index (κ2) is 10.5. The highest BCUT2D eigenvalue weighted by atomic mass is 35.5. The lowest BCUT2D eigenvalue weighted by Gasteiger charge is -2.05. The number of benzene rings is 1. The molecule has 3 heterocycles. The largest absolute Gasteiger partial charge is 0.462 e. The molecule has 2 N–H and O–H groups in total. The number of H-pyrrole nitrogens is 1. The van der Waals surface area contributed by atoms with Gasteiger partial charge >= 0.3 is 5.97 Å². The van der Waals surface area contributed by atoms with E-state index in [1.807, 2.05) is 12.1 Å². The van der Waals surface area contributed by atoms with Gasteiger partial charge in [0.2, 0.25) is 11.1 Å². The van der Waals surface area contributed by atoms with Crippen LogP contribution in [0.2, 0.25) is 5.02 Å². The number of aromatic nitrogens is 3. The predicted octanol–water partition coefficient (Wildman–Crippen LogP) is 4.95. The lowest BCUT2D eigenvalue weighted by atomic mass is 10.2. The topological polar surface area (TPSA) is 106 Å². The fourth-order valence-electron chi connectivity index (χ4n) is 3.16. The van der Waals surface area contributed by atoms with Crippen molar-refractivity contribution in [2.45, 2.75) is 31.0 Å². The van der Waals surface area contributed by atoms with Gasteiger partial charge in [0.1, 0.15) is 11.0 Å². The van der Waals surface area contributed by atoms with Crippen LogP contribution in [0.4, 0.5) is 5.69 Å². The first-order valence-electron chi connectivity index (χ1n) is 10.1. The molecule has 11 heteroatoms. The Morgan fingerprint density at radius 2 is 2.19 bits per heavy atom. The Bertz CT molecular complexity index is 1090. The van der Waals surface area contributed by atoms with Gasteiger partial charge in [-0.25, -0.2) is 9.78 Å². The number of hydrogen-bond acceptors (Lipinski definition) is 8. The number of thioether (sulfide) groups is 1. The molecule has 8 nitrogen and oxygen atoms in total. The van der Waals surface area contributed by atoms with Gasteiger partial charge in [0.05, 0.1) is 18.0 Å². The van der Waals surface area contributed by atoms with Crippen molar-refractivity contribution in [1.29, 1.82) is 0 Å². The second-order valence-electron chi connectivity index (χ2n) is 6.92. The van der Waals surface area contributed by atoms with Crippen molar-refractivity contribution in [2.75, 3.05) is 24.3 Å². The van der Waals surface area contributed by atoms with E-state index in [4.69, 9.17) is 21.1 Å². The number of thiophene rings is 1. The molecule has 32 heavy (non-hydrogen) atoms. The molecule has 0 saturated carbocycles. The zero-order chi connectivity index (χ0) is 22.5. The van der Waals surface area contributed by atoms with Gasteiger partial charge in [-0.15, -0.1) is 16.4 Å². The zero-order valence-electron chi connectivity index (χ0n) is 17.2. The van der Waals surface area contributed by atoms with Gasteiger partial charge in [0, 0.05) is 16.5 Å². The van der Waals surface area contributed by atoms with Crippen LogP contribution >= 0.6 is 34.7 Å². The van der Waals surface area contributed by atoms with Crippen molar-refractivity contribution >= 4 is 52.3 Å². The van der Waals surface area contributed by atoms with E-state index < -0.39 is 5.97 Å². The Balaban J connectivity index is 1.44. The summed E-state index contributed by atoms with van der Waals surface area (Å²) in [4.78, 5) is 30.6. The van der Waals surface area contributed by atoms with Crippen LogP contribution in [0, 0.1) is 0 Å². The first-order chi connectivity index (χ1) is 15.5. The highest BCUT2D eigenvalue weighted by molar-refractivity contribution is 7.99. The van der Waals surface area contributed by atoms with E-state index in [1.165, 1.54) is 23.1 Å². The lowest BCUT2D eigenvalue weighted by molar-refractivity contribution is -0.113. The Morgan fingerprint density at radius 3 is 2.91 bits per heavy atom. The third-order valence-corrected chi connectivity index (χ3v) is 6.91. The Hall–Kier alpha value is -2.40. The summed E-state index contributed by atoms with van der Waals surface area (Å²) in [5.41, 5.74) is 1.31. The van der Waals surface area contributed by atoms with Crippen LogP contribution in [-0.4, -0.2) is 46.0 Å². The molecule has 0 spiro atoms. The number of carbonyl (C=O) groups is 2. The molecule has 1 fully saturated rings. The average Bonchev–Trinajstić information content (AvgIpc) is 3.53. The van der Waals surface area contributed by atoms with Crippen LogP contribution in [0.5, 0.6) is 0 Å². The number of nitrogens with one attached hydrogen (secondary N) is 2. The van der Waals surface area contributed by atoms with E-state index in [0.29, 0.717) is 26.6 Å². The molecule has 1 saturated heterocycles. The van der Waals surface area contributed by atoms with Crippen LogP contribution in [0.3, 0.4) is 0 Å². The van der Waals surface area contributed by atoms with Crippen LogP contribution in [0.25, 0.3) is 10.4 Å². The van der Waals surface area contributed by atoms with Crippen LogP contribution in [0.1, 0.15) is 41.4 Å². The van der Waals surface area contributed by atoms with E-state index in [0.717, 1.165) is 29.9 Å². The van der Waals surface area contributed by atoms with Crippen LogP contribution in [0.15, 0.2) is 35.5 Å². The average molecular weight is 493 g/mol. The molecule has 1 aromatic carbocycles. The molecule has 0 bridgehead atoms. The van der Waals surface area contributed by atoms with Gasteiger partial charge in [-0.05, 0) is 43.5 Å². The first kappa shape index (κ1) is 22.8. The molecule has 0 radical (unpaired) electrons. The third kappa shape index (κ3) is 5.50. The molecular formula is C21H21ClN4O4S2. The zero-order valence-corrected chi connectivity index (χ0v) is 19.6. The second-order valence-corrected chi connectivity index (χ2v) is 9.35. The number of nitrogens with zero attached hydrogens (tertiary/aromatic N) is 2. The summed E-state index contributed by atoms with van der Waals surface area (Å²) < 4.78 is 10.7. The summed E-state index contributed by atoms with van der Waals surface area (Å²) in [6, 6.07) is 9.04. The molecular weight excluding hydrogens is 472 g/mol. The minimum absolute atomic E-state index is 0.0603. The number of amides is 1. The number of ether oxygens (including phenoxy) is 2. The van der Waals surface area contributed by atoms with E-state index in [-0.39, 0.29) is 24.4 Å². The molecule has 1 aliphatic heterocycles. The van der Waals surface area contributed by atoms with E-state index in [1.54, 1.807) is 25.1 Å². The SMILES string of the molecule is CCOC(=O)c1sc(-c2ccc(Cl)cc2)cc1NC(=O)CSc1n[nH]c([C@@H]2CCCO2)n1. The standard InChI is InChI=1S/C21H21ClN4O4S2/c1-2-29-20(28)18-14(10-16(32-18)12-5-7-13(22)8-6-12)23-17(27)11-31-21-24-19(25-26-21)15-4-3-9-30-15/h5-8,10,15H,2-4,9,11H2,1H3,(H,23,27)(H,24,25,26)/t15-/m0/s1. The van der Waals surface area contributed by atoms with E-state index in [9.17, 15) is 9.59 Å². The number of carbonyl (C=O) groups excluding carboxylic acids is 2. The third-order valence-electron chi connectivity index (χ3n) is 4.64. The molecule has 0 unspecified atom stereocenters. The quantitative estimate of drug-likeness (QED) is 0.338. The molecule has 1 atom stereocenters. The van der Waals surface area contributed by atoms with Crippen molar-refractivity contribution in [1.82, 2.24) is 15.2 Å². The van der Waals surface area contributed by atoms with Crippen LogP contribution < -0.4 is 5.32 Å².